The molecule has 29 heavy (non-hydrogen) atoms. The fraction of sp³-hybridized carbons (Fsp3) is 0.263. The molecule has 0 saturated heterocycles. The summed E-state index contributed by atoms with van der Waals surface area (Å²) in [7, 11) is 0. The predicted octanol–water partition coefficient (Wildman–Crippen LogP) is 5.86. The number of halogens is 1. The van der Waals surface area contributed by atoms with Crippen molar-refractivity contribution in [2.24, 2.45) is 0 Å². The number of nitrogens with zero attached hydrogens (tertiary/aromatic N) is 3. The highest BCUT2D eigenvalue weighted by atomic mass is 35.5. The van der Waals surface area contributed by atoms with Gasteiger partial charge in [0.05, 0.1) is 17.0 Å². The Balaban J connectivity index is 1.43. The average molecular weight is 479 g/mol. The molecular formula is C19H15ClN4OS4. The van der Waals surface area contributed by atoms with Gasteiger partial charge >= 0.3 is 0 Å². The van der Waals surface area contributed by atoms with E-state index < -0.39 is 0 Å². The van der Waals surface area contributed by atoms with Gasteiger partial charge in [0.1, 0.15) is 11.1 Å². The summed E-state index contributed by atoms with van der Waals surface area (Å²) < 4.78 is 2.98. The fourth-order valence-corrected chi connectivity index (χ4v) is 6.67. The van der Waals surface area contributed by atoms with Crippen LogP contribution >= 0.6 is 58.3 Å². The van der Waals surface area contributed by atoms with E-state index in [1.165, 1.54) is 39.3 Å². The van der Waals surface area contributed by atoms with Crippen LogP contribution in [0.25, 0.3) is 5.69 Å². The highest BCUT2D eigenvalue weighted by Gasteiger charge is 2.22. The highest BCUT2D eigenvalue weighted by Crippen LogP contribution is 2.37. The first kappa shape index (κ1) is 20.6. The van der Waals surface area contributed by atoms with Crippen LogP contribution < -0.4 is 5.32 Å². The normalized spacial score (nSPS) is 13.0. The lowest BCUT2D eigenvalue weighted by molar-refractivity contribution is -0.113. The Labute approximate surface area is 190 Å². The smallest absolute Gasteiger partial charge is 0.235 e. The van der Waals surface area contributed by atoms with E-state index in [1.54, 1.807) is 16.8 Å². The second-order valence-corrected chi connectivity index (χ2v) is 10.8. The molecule has 0 fully saturated rings. The standard InChI is InChI=1S/C19H15ClN4OS4/c20-11-5-7-12(8-6-11)24-19(26)29-18(23-24)27-10-16(25)22-17-14(9-21)13-3-1-2-4-15(13)28-17/h5-8H,1-4,10H2,(H,22,25). The van der Waals surface area contributed by atoms with Crippen LogP contribution in [0.2, 0.25) is 5.02 Å². The zero-order valence-electron chi connectivity index (χ0n) is 15.1. The van der Waals surface area contributed by atoms with Crippen LogP contribution in [0.1, 0.15) is 28.8 Å². The molecule has 2 aromatic heterocycles. The van der Waals surface area contributed by atoms with Crippen LogP contribution in [0, 0.1) is 15.3 Å². The van der Waals surface area contributed by atoms with Gasteiger partial charge in [-0.05, 0) is 67.7 Å². The summed E-state index contributed by atoms with van der Waals surface area (Å²) in [5, 5.41) is 18.2. The van der Waals surface area contributed by atoms with Crippen molar-refractivity contribution >= 4 is 69.2 Å². The molecule has 0 spiro atoms. The molecule has 1 N–H and O–H groups in total. The van der Waals surface area contributed by atoms with E-state index in [1.807, 2.05) is 12.1 Å². The summed E-state index contributed by atoms with van der Waals surface area (Å²) in [6, 6.07) is 9.53. The molecule has 148 valence electrons. The third-order valence-corrected chi connectivity index (χ3v) is 8.29. The highest BCUT2D eigenvalue weighted by molar-refractivity contribution is 8.01. The molecular weight excluding hydrogens is 464 g/mol. The lowest BCUT2D eigenvalue weighted by Gasteiger charge is -2.09. The second kappa shape index (κ2) is 8.98. The molecule has 0 saturated carbocycles. The van der Waals surface area contributed by atoms with Gasteiger partial charge in [-0.25, -0.2) is 4.68 Å². The quantitative estimate of drug-likeness (QED) is 0.367. The van der Waals surface area contributed by atoms with Gasteiger partial charge < -0.3 is 5.32 Å². The molecule has 1 aliphatic carbocycles. The fourth-order valence-electron chi connectivity index (χ4n) is 3.13. The van der Waals surface area contributed by atoms with Gasteiger partial charge in [-0.15, -0.1) is 16.4 Å². The van der Waals surface area contributed by atoms with Gasteiger partial charge in [-0.3, -0.25) is 4.79 Å². The number of nitriles is 1. The van der Waals surface area contributed by atoms with E-state index >= 15 is 0 Å². The van der Waals surface area contributed by atoms with Gasteiger partial charge in [0, 0.05) is 9.90 Å². The van der Waals surface area contributed by atoms with Crippen LogP contribution in [0.15, 0.2) is 28.6 Å². The van der Waals surface area contributed by atoms with E-state index in [0.29, 0.717) is 23.9 Å². The van der Waals surface area contributed by atoms with Crippen LogP contribution in [-0.4, -0.2) is 21.4 Å². The monoisotopic (exact) mass is 478 g/mol. The van der Waals surface area contributed by atoms with Crippen molar-refractivity contribution in [2.45, 2.75) is 30.0 Å². The number of benzene rings is 1. The van der Waals surface area contributed by atoms with Crippen LogP contribution in [0.4, 0.5) is 5.00 Å². The van der Waals surface area contributed by atoms with Gasteiger partial charge in [0.2, 0.25) is 5.91 Å². The maximum atomic E-state index is 12.5. The minimum atomic E-state index is -0.149. The lowest BCUT2D eigenvalue weighted by atomic mass is 9.96. The van der Waals surface area contributed by atoms with E-state index in [0.717, 1.165) is 36.9 Å². The second-order valence-electron chi connectivity index (χ2n) is 6.39. The number of rotatable bonds is 5. The summed E-state index contributed by atoms with van der Waals surface area (Å²) in [5.74, 6) is 0.0559. The van der Waals surface area contributed by atoms with E-state index in [9.17, 15) is 10.1 Å². The molecule has 0 unspecified atom stereocenters. The minimum Gasteiger partial charge on any atom is -0.316 e. The number of nitrogens with one attached hydrogen (secondary N) is 1. The first-order valence-electron chi connectivity index (χ1n) is 8.88. The number of hydrogen-bond donors (Lipinski definition) is 1. The number of aromatic nitrogens is 2. The molecule has 0 radical (unpaired) electrons. The Morgan fingerprint density at radius 1 is 1.31 bits per heavy atom. The molecule has 2 heterocycles. The molecule has 3 aromatic rings. The van der Waals surface area contributed by atoms with Gasteiger partial charge in [0.15, 0.2) is 8.29 Å². The Morgan fingerprint density at radius 3 is 2.83 bits per heavy atom. The maximum Gasteiger partial charge on any atom is 0.235 e. The SMILES string of the molecule is N#Cc1c(NC(=O)CSc2nn(-c3ccc(Cl)cc3)c(=S)s2)sc2c1CCCC2. The van der Waals surface area contributed by atoms with Gasteiger partial charge in [-0.2, -0.15) is 5.26 Å². The number of carbonyl (C=O) groups is 1. The Bertz CT molecular complexity index is 1160. The Hall–Kier alpha value is -1.70. The number of thiophene rings is 1. The van der Waals surface area contributed by atoms with E-state index in [2.05, 4.69) is 16.5 Å². The topological polar surface area (TPSA) is 70.7 Å². The van der Waals surface area contributed by atoms with E-state index in [-0.39, 0.29) is 11.7 Å². The van der Waals surface area contributed by atoms with Crippen molar-refractivity contribution in [2.75, 3.05) is 11.1 Å². The predicted molar refractivity (Wildman–Crippen MR) is 122 cm³/mol. The molecule has 0 bridgehead atoms. The third kappa shape index (κ3) is 4.57. The molecule has 0 atom stereocenters. The molecule has 0 aliphatic heterocycles. The summed E-state index contributed by atoms with van der Waals surface area (Å²) in [6.07, 6.45) is 4.15. The molecule has 4 rings (SSSR count). The lowest BCUT2D eigenvalue weighted by Crippen LogP contribution is -2.14. The van der Waals surface area contributed by atoms with Crippen molar-refractivity contribution in [3.05, 3.63) is 49.2 Å². The number of fused-ring (bicyclic) bond motifs is 1. The number of carbonyl (C=O) groups excluding carboxylic acids is 1. The van der Waals surface area contributed by atoms with Crippen LogP contribution in [0.3, 0.4) is 0 Å². The Kier molecular flexibility index (Phi) is 6.37. The van der Waals surface area contributed by atoms with Crippen molar-refractivity contribution in [1.82, 2.24) is 9.78 Å². The van der Waals surface area contributed by atoms with Gasteiger partial charge in [-0.1, -0.05) is 34.7 Å². The van der Waals surface area contributed by atoms with E-state index in [4.69, 9.17) is 23.8 Å². The number of amides is 1. The minimum absolute atomic E-state index is 0.149. The number of thioether (sulfide) groups is 1. The largest absolute Gasteiger partial charge is 0.316 e. The number of anilines is 1. The first-order chi connectivity index (χ1) is 14.0. The van der Waals surface area contributed by atoms with Crippen LogP contribution in [-0.2, 0) is 17.6 Å². The molecule has 5 nitrogen and oxygen atoms in total. The van der Waals surface area contributed by atoms with Crippen molar-refractivity contribution < 1.29 is 4.79 Å². The van der Waals surface area contributed by atoms with Gasteiger partial charge in [0.25, 0.3) is 0 Å². The first-order valence-corrected chi connectivity index (χ1v) is 12.3. The van der Waals surface area contributed by atoms with Crippen molar-refractivity contribution in [3.8, 4) is 11.8 Å². The van der Waals surface area contributed by atoms with Crippen molar-refractivity contribution in [3.63, 3.8) is 0 Å². The number of aryl methyl sites for hydroxylation is 1. The summed E-state index contributed by atoms with van der Waals surface area (Å²) in [5.41, 5.74) is 2.58. The zero-order valence-corrected chi connectivity index (χ0v) is 19.1. The number of hydrogen-bond acceptors (Lipinski definition) is 7. The average Bonchev–Trinajstić information content (AvgIpc) is 3.26. The molecule has 1 amide bonds. The molecule has 1 aliphatic rings. The van der Waals surface area contributed by atoms with Crippen molar-refractivity contribution in [1.29, 1.82) is 5.26 Å². The molecule has 1 aromatic carbocycles. The zero-order chi connectivity index (χ0) is 20.4. The summed E-state index contributed by atoms with van der Waals surface area (Å²) >= 11 is 15.5. The summed E-state index contributed by atoms with van der Waals surface area (Å²) in [6.45, 7) is 0. The van der Waals surface area contributed by atoms with Crippen LogP contribution in [0.5, 0.6) is 0 Å². The molecule has 10 heteroatoms. The third-order valence-electron chi connectivity index (χ3n) is 4.46. The summed E-state index contributed by atoms with van der Waals surface area (Å²) in [4.78, 5) is 13.7. The maximum absolute atomic E-state index is 12.5. The Morgan fingerprint density at radius 2 is 2.07 bits per heavy atom.